The van der Waals surface area contributed by atoms with Crippen LogP contribution in [-0.4, -0.2) is 12.5 Å². The predicted octanol–water partition coefficient (Wildman–Crippen LogP) is 4.01. The molecule has 4 rings (SSSR count). The number of furan rings is 1. The maximum Gasteiger partial charge on any atom is 0.258 e. The van der Waals surface area contributed by atoms with Crippen molar-refractivity contribution in [3.05, 3.63) is 65.4 Å². The fourth-order valence-electron chi connectivity index (χ4n) is 3.33. The molecule has 1 amide bonds. The number of aryl methyl sites for hydroxylation is 2. The molecule has 0 aliphatic heterocycles. The second-order valence-electron chi connectivity index (χ2n) is 6.42. The molecule has 128 valence electrons. The van der Waals surface area contributed by atoms with Crippen molar-refractivity contribution >= 4 is 16.9 Å². The fourth-order valence-corrected chi connectivity index (χ4v) is 3.33. The summed E-state index contributed by atoms with van der Waals surface area (Å²) < 4.78 is 11.6. The minimum atomic E-state index is -0.127. The molecule has 3 aromatic rings. The number of carbonyl (C=O) groups excluding carboxylic acids is 1. The van der Waals surface area contributed by atoms with Crippen molar-refractivity contribution in [3.63, 3.8) is 0 Å². The molecule has 1 heterocycles. The predicted molar refractivity (Wildman–Crippen MR) is 96.6 cm³/mol. The maximum atomic E-state index is 12.0. The number of nitrogens with one attached hydrogen (secondary N) is 1. The van der Waals surface area contributed by atoms with Gasteiger partial charge in [-0.15, -0.1) is 0 Å². The van der Waals surface area contributed by atoms with Gasteiger partial charge in [0.1, 0.15) is 17.1 Å². The third-order valence-corrected chi connectivity index (χ3v) is 4.63. The largest absolute Gasteiger partial charge is 0.484 e. The summed E-state index contributed by atoms with van der Waals surface area (Å²) in [6.45, 7) is 0.524. The molecule has 0 bridgehead atoms. The van der Waals surface area contributed by atoms with Crippen LogP contribution in [0.4, 0.5) is 0 Å². The maximum absolute atomic E-state index is 12.0. The van der Waals surface area contributed by atoms with Gasteiger partial charge in [-0.2, -0.15) is 0 Å². The van der Waals surface area contributed by atoms with Gasteiger partial charge in [-0.25, -0.2) is 0 Å². The third kappa shape index (κ3) is 3.53. The number of carbonyl (C=O) groups is 1. The highest BCUT2D eigenvalue weighted by Gasteiger charge is 2.18. The molecular weight excluding hydrogens is 314 g/mol. The van der Waals surface area contributed by atoms with Gasteiger partial charge in [0.25, 0.3) is 5.91 Å². The summed E-state index contributed by atoms with van der Waals surface area (Å²) in [6.07, 6.45) is 4.47. The normalized spacial score (nSPS) is 13.4. The SMILES string of the molecule is O=C(COc1ccc2oc3c(c2c1)CCCC3)NCc1ccccc1. The Balaban J connectivity index is 1.38. The molecule has 0 saturated carbocycles. The lowest BCUT2D eigenvalue weighted by Crippen LogP contribution is -2.28. The van der Waals surface area contributed by atoms with E-state index in [2.05, 4.69) is 5.32 Å². The first kappa shape index (κ1) is 15.8. The van der Waals surface area contributed by atoms with E-state index in [1.807, 2.05) is 48.5 Å². The number of hydrogen-bond acceptors (Lipinski definition) is 3. The van der Waals surface area contributed by atoms with Gasteiger partial charge >= 0.3 is 0 Å². The van der Waals surface area contributed by atoms with E-state index in [0.29, 0.717) is 12.3 Å². The summed E-state index contributed by atoms with van der Waals surface area (Å²) in [7, 11) is 0. The highest BCUT2D eigenvalue weighted by molar-refractivity contribution is 5.84. The van der Waals surface area contributed by atoms with Crippen LogP contribution in [0.5, 0.6) is 5.75 Å². The first-order valence-corrected chi connectivity index (χ1v) is 8.77. The number of fused-ring (bicyclic) bond motifs is 3. The van der Waals surface area contributed by atoms with Crippen molar-refractivity contribution in [3.8, 4) is 5.75 Å². The zero-order valence-corrected chi connectivity index (χ0v) is 14.1. The second-order valence-corrected chi connectivity index (χ2v) is 6.42. The van der Waals surface area contributed by atoms with Gasteiger partial charge in [0.15, 0.2) is 6.61 Å². The monoisotopic (exact) mass is 335 g/mol. The van der Waals surface area contributed by atoms with E-state index < -0.39 is 0 Å². The van der Waals surface area contributed by atoms with Crippen molar-refractivity contribution in [1.82, 2.24) is 5.32 Å². The van der Waals surface area contributed by atoms with E-state index in [-0.39, 0.29) is 12.5 Å². The molecule has 1 aliphatic rings. The van der Waals surface area contributed by atoms with E-state index in [0.717, 1.165) is 35.1 Å². The Kier molecular flexibility index (Phi) is 4.42. The first-order valence-electron chi connectivity index (χ1n) is 8.77. The molecule has 25 heavy (non-hydrogen) atoms. The van der Waals surface area contributed by atoms with Crippen LogP contribution in [-0.2, 0) is 24.2 Å². The van der Waals surface area contributed by atoms with Crippen LogP contribution in [0.3, 0.4) is 0 Å². The van der Waals surface area contributed by atoms with Gasteiger partial charge in [-0.05, 0) is 43.0 Å². The summed E-state index contributed by atoms with van der Waals surface area (Å²) in [5, 5.41) is 3.99. The quantitative estimate of drug-likeness (QED) is 0.766. The van der Waals surface area contributed by atoms with Gasteiger partial charge in [-0.1, -0.05) is 30.3 Å². The zero-order valence-electron chi connectivity index (χ0n) is 14.1. The molecule has 0 spiro atoms. The summed E-state index contributed by atoms with van der Waals surface area (Å²) in [6, 6.07) is 15.6. The Morgan fingerprint density at radius 3 is 2.80 bits per heavy atom. The molecular formula is C21H21NO3. The third-order valence-electron chi connectivity index (χ3n) is 4.63. The Bertz CT molecular complexity index is 883. The average Bonchev–Trinajstić information content (AvgIpc) is 3.03. The fraction of sp³-hybridized carbons (Fsp3) is 0.286. The number of hydrogen-bond donors (Lipinski definition) is 1. The van der Waals surface area contributed by atoms with Crippen LogP contribution < -0.4 is 10.1 Å². The van der Waals surface area contributed by atoms with Crippen LogP contribution in [0.2, 0.25) is 0 Å². The molecule has 0 unspecified atom stereocenters. The topological polar surface area (TPSA) is 51.5 Å². The summed E-state index contributed by atoms with van der Waals surface area (Å²) in [5.41, 5.74) is 3.29. The smallest absolute Gasteiger partial charge is 0.258 e. The molecule has 4 nitrogen and oxygen atoms in total. The lowest BCUT2D eigenvalue weighted by atomic mass is 9.96. The van der Waals surface area contributed by atoms with Gasteiger partial charge in [0.2, 0.25) is 0 Å². The summed E-state index contributed by atoms with van der Waals surface area (Å²) in [4.78, 5) is 12.0. The van der Waals surface area contributed by atoms with Crippen LogP contribution in [0.1, 0.15) is 29.7 Å². The highest BCUT2D eigenvalue weighted by atomic mass is 16.5. The molecule has 0 radical (unpaired) electrons. The second kappa shape index (κ2) is 7.01. The number of amides is 1. The van der Waals surface area contributed by atoms with Crippen molar-refractivity contribution in [2.75, 3.05) is 6.61 Å². The average molecular weight is 335 g/mol. The molecule has 1 aromatic heterocycles. The number of ether oxygens (including phenoxy) is 1. The van der Waals surface area contributed by atoms with E-state index in [4.69, 9.17) is 9.15 Å². The van der Waals surface area contributed by atoms with E-state index in [9.17, 15) is 4.79 Å². The minimum Gasteiger partial charge on any atom is -0.484 e. The molecule has 4 heteroatoms. The molecule has 1 aliphatic carbocycles. The van der Waals surface area contributed by atoms with Gasteiger partial charge < -0.3 is 14.5 Å². The molecule has 2 aromatic carbocycles. The van der Waals surface area contributed by atoms with E-state index >= 15 is 0 Å². The molecule has 0 fully saturated rings. The molecule has 0 saturated heterocycles. The van der Waals surface area contributed by atoms with Crippen molar-refractivity contribution < 1.29 is 13.9 Å². The Morgan fingerprint density at radius 1 is 1.08 bits per heavy atom. The van der Waals surface area contributed by atoms with E-state index in [1.165, 1.54) is 18.4 Å². The van der Waals surface area contributed by atoms with Crippen molar-refractivity contribution in [1.29, 1.82) is 0 Å². The number of benzene rings is 2. The highest BCUT2D eigenvalue weighted by Crippen LogP contribution is 2.33. The van der Waals surface area contributed by atoms with Crippen molar-refractivity contribution in [2.24, 2.45) is 0 Å². The Labute approximate surface area is 146 Å². The number of rotatable bonds is 5. The summed E-state index contributed by atoms with van der Waals surface area (Å²) in [5.74, 6) is 1.69. The molecule has 0 atom stereocenters. The lowest BCUT2D eigenvalue weighted by Gasteiger charge is -2.09. The minimum absolute atomic E-state index is 0.0123. The zero-order chi connectivity index (χ0) is 17.1. The summed E-state index contributed by atoms with van der Waals surface area (Å²) >= 11 is 0. The van der Waals surface area contributed by atoms with Crippen LogP contribution in [0.25, 0.3) is 11.0 Å². The van der Waals surface area contributed by atoms with Gasteiger partial charge in [0, 0.05) is 23.9 Å². The van der Waals surface area contributed by atoms with Crippen LogP contribution >= 0.6 is 0 Å². The lowest BCUT2D eigenvalue weighted by molar-refractivity contribution is -0.123. The Hall–Kier alpha value is -2.75. The van der Waals surface area contributed by atoms with Crippen molar-refractivity contribution in [2.45, 2.75) is 32.2 Å². The molecule has 1 N–H and O–H groups in total. The van der Waals surface area contributed by atoms with Crippen LogP contribution in [0, 0.1) is 0 Å². The van der Waals surface area contributed by atoms with Crippen LogP contribution in [0.15, 0.2) is 52.9 Å². The Morgan fingerprint density at radius 2 is 1.92 bits per heavy atom. The first-order chi connectivity index (χ1) is 12.3. The van der Waals surface area contributed by atoms with E-state index in [1.54, 1.807) is 0 Å². The van der Waals surface area contributed by atoms with Gasteiger partial charge in [-0.3, -0.25) is 4.79 Å². The standard InChI is InChI=1S/C21H21NO3/c23-21(22-13-15-6-2-1-3-7-15)14-24-16-10-11-20-18(12-16)17-8-4-5-9-19(17)25-20/h1-3,6-7,10-12H,4-5,8-9,13-14H2,(H,22,23). The van der Waals surface area contributed by atoms with Gasteiger partial charge in [0.05, 0.1) is 0 Å².